The molecule has 1 N–H and O–H groups in total. The van der Waals surface area contributed by atoms with Crippen LogP contribution in [-0.2, 0) is 17.6 Å². The van der Waals surface area contributed by atoms with Gasteiger partial charge in [0.05, 0.1) is 6.04 Å². The van der Waals surface area contributed by atoms with Crippen molar-refractivity contribution >= 4 is 5.91 Å². The molecular weight excluding hydrogens is 341 g/mol. The highest BCUT2D eigenvalue weighted by Gasteiger charge is 2.22. The summed E-state index contributed by atoms with van der Waals surface area (Å²) in [5.74, 6) is 0.0462. The maximum absolute atomic E-state index is 13.1. The van der Waals surface area contributed by atoms with E-state index in [1.165, 1.54) is 36.1 Å². The first-order valence-electron chi connectivity index (χ1n) is 9.95. The molecule has 0 spiro atoms. The molecule has 2 aromatic rings. The first-order chi connectivity index (χ1) is 13.1. The van der Waals surface area contributed by atoms with E-state index in [1.807, 2.05) is 6.92 Å². The van der Waals surface area contributed by atoms with Gasteiger partial charge in [-0.05, 0) is 79.5 Å². The number of fused-ring (bicyclic) bond motifs is 1. The first-order valence-corrected chi connectivity index (χ1v) is 9.95. The number of amides is 1. The molecule has 0 aromatic heterocycles. The molecule has 1 aliphatic rings. The molecule has 1 aliphatic carbocycles. The molecule has 0 saturated heterocycles. The van der Waals surface area contributed by atoms with Gasteiger partial charge in [0, 0.05) is 0 Å². The number of ether oxygens (including phenoxy) is 1. The standard InChI is InChI=1S/C23H28FNO2/c1-3-21(18-10-9-16-7-5-6-8-17(16)15-18)25-23(26)22(4-2)27-20-13-11-19(24)12-14-20/h9-15,21-22H,3-8H2,1-2H3,(H,25,26)/t21-,22-/m1/s1. The highest BCUT2D eigenvalue weighted by Crippen LogP contribution is 2.26. The van der Waals surface area contributed by atoms with Crippen LogP contribution in [0.25, 0.3) is 0 Å². The third kappa shape index (κ3) is 4.88. The summed E-state index contributed by atoms with van der Waals surface area (Å²) in [7, 11) is 0. The minimum Gasteiger partial charge on any atom is -0.481 e. The summed E-state index contributed by atoms with van der Waals surface area (Å²) in [6.45, 7) is 3.99. The van der Waals surface area contributed by atoms with Crippen LogP contribution in [0.3, 0.4) is 0 Å². The predicted molar refractivity (Wildman–Crippen MR) is 105 cm³/mol. The van der Waals surface area contributed by atoms with Gasteiger partial charge in [-0.3, -0.25) is 4.79 Å². The second kappa shape index (κ2) is 9.03. The van der Waals surface area contributed by atoms with E-state index < -0.39 is 6.10 Å². The molecule has 144 valence electrons. The summed E-state index contributed by atoms with van der Waals surface area (Å²) in [5, 5.41) is 3.13. The van der Waals surface area contributed by atoms with Crippen LogP contribution in [0.1, 0.15) is 62.3 Å². The number of carbonyl (C=O) groups excluding carboxylic acids is 1. The van der Waals surface area contributed by atoms with E-state index in [1.54, 1.807) is 12.1 Å². The number of rotatable bonds is 7. The Hall–Kier alpha value is -2.36. The van der Waals surface area contributed by atoms with E-state index in [0.29, 0.717) is 12.2 Å². The minimum absolute atomic E-state index is 0.0319. The molecule has 0 heterocycles. The van der Waals surface area contributed by atoms with Crippen LogP contribution in [0.15, 0.2) is 42.5 Å². The number of benzene rings is 2. The van der Waals surface area contributed by atoms with E-state index in [9.17, 15) is 9.18 Å². The molecule has 0 aliphatic heterocycles. The van der Waals surface area contributed by atoms with Crippen LogP contribution in [-0.4, -0.2) is 12.0 Å². The molecule has 2 aromatic carbocycles. The highest BCUT2D eigenvalue weighted by atomic mass is 19.1. The summed E-state index contributed by atoms with van der Waals surface area (Å²) in [6, 6.07) is 12.3. The first kappa shape index (κ1) is 19.4. The molecule has 3 nitrogen and oxygen atoms in total. The average molecular weight is 369 g/mol. The molecule has 0 unspecified atom stereocenters. The van der Waals surface area contributed by atoms with Gasteiger partial charge in [-0.15, -0.1) is 0 Å². The maximum atomic E-state index is 13.1. The molecule has 0 bridgehead atoms. The van der Waals surface area contributed by atoms with Crippen molar-refractivity contribution in [3.63, 3.8) is 0 Å². The van der Waals surface area contributed by atoms with Crippen LogP contribution < -0.4 is 10.1 Å². The number of halogens is 1. The topological polar surface area (TPSA) is 38.3 Å². The smallest absolute Gasteiger partial charge is 0.261 e. The number of aryl methyl sites for hydroxylation is 2. The molecule has 2 atom stereocenters. The van der Waals surface area contributed by atoms with Gasteiger partial charge in [-0.25, -0.2) is 4.39 Å². The van der Waals surface area contributed by atoms with Crippen molar-refractivity contribution in [1.82, 2.24) is 5.32 Å². The zero-order valence-corrected chi connectivity index (χ0v) is 16.1. The molecular formula is C23H28FNO2. The Morgan fingerprint density at radius 2 is 1.74 bits per heavy atom. The van der Waals surface area contributed by atoms with Gasteiger partial charge < -0.3 is 10.1 Å². The second-order valence-corrected chi connectivity index (χ2v) is 7.17. The third-order valence-electron chi connectivity index (χ3n) is 5.25. The number of hydrogen-bond donors (Lipinski definition) is 1. The predicted octanol–water partition coefficient (Wildman–Crippen LogP) is 5.13. The Bertz CT molecular complexity index is 772. The molecule has 4 heteroatoms. The minimum atomic E-state index is -0.595. The summed E-state index contributed by atoms with van der Waals surface area (Å²) in [6.07, 6.45) is 5.55. The van der Waals surface area contributed by atoms with Crippen LogP contribution in [0.2, 0.25) is 0 Å². The largest absolute Gasteiger partial charge is 0.481 e. The Morgan fingerprint density at radius 3 is 2.41 bits per heavy atom. The molecule has 3 rings (SSSR count). The molecule has 1 amide bonds. The zero-order valence-electron chi connectivity index (χ0n) is 16.1. The van der Waals surface area contributed by atoms with E-state index in [0.717, 1.165) is 24.8 Å². The van der Waals surface area contributed by atoms with Crippen molar-refractivity contribution in [2.45, 2.75) is 64.5 Å². The van der Waals surface area contributed by atoms with E-state index in [4.69, 9.17) is 4.74 Å². The number of hydrogen-bond acceptors (Lipinski definition) is 2. The number of nitrogens with one attached hydrogen (secondary N) is 1. The van der Waals surface area contributed by atoms with Crippen LogP contribution in [0.4, 0.5) is 4.39 Å². The highest BCUT2D eigenvalue weighted by molar-refractivity contribution is 5.81. The fraction of sp³-hybridized carbons (Fsp3) is 0.435. The molecule has 0 fully saturated rings. The normalized spacial score (nSPS) is 15.5. The Kier molecular flexibility index (Phi) is 6.49. The van der Waals surface area contributed by atoms with Gasteiger partial charge in [0.1, 0.15) is 11.6 Å². The Labute approximate surface area is 160 Å². The van der Waals surface area contributed by atoms with E-state index >= 15 is 0 Å². The summed E-state index contributed by atoms with van der Waals surface area (Å²) >= 11 is 0. The molecule has 27 heavy (non-hydrogen) atoms. The van der Waals surface area contributed by atoms with Gasteiger partial charge in [0.2, 0.25) is 0 Å². The van der Waals surface area contributed by atoms with Crippen molar-refractivity contribution < 1.29 is 13.9 Å². The molecule has 0 saturated carbocycles. The average Bonchev–Trinajstić information content (AvgIpc) is 2.71. The van der Waals surface area contributed by atoms with Crippen molar-refractivity contribution in [2.75, 3.05) is 0 Å². The summed E-state index contributed by atoms with van der Waals surface area (Å²) in [5.41, 5.74) is 4.02. The van der Waals surface area contributed by atoms with Gasteiger partial charge in [0.25, 0.3) is 5.91 Å². The second-order valence-electron chi connectivity index (χ2n) is 7.17. The maximum Gasteiger partial charge on any atom is 0.261 e. The fourth-order valence-corrected chi connectivity index (χ4v) is 3.66. The lowest BCUT2D eigenvalue weighted by molar-refractivity contribution is -0.128. The lowest BCUT2D eigenvalue weighted by atomic mass is 9.88. The van der Waals surface area contributed by atoms with Gasteiger partial charge >= 0.3 is 0 Å². The van der Waals surface area contributed by atoms with E-state index in [2.05, 4.69) is 30.4 Å². The summed E-state index contributed by atoms with van der Waals surface area (Å²) in [4.78, 5) is 12.8. The van der Waals surface area contributed by atoms with Gasteiger partial charge in [-0.2, -0.15) is 0 Å². The van der Waals surface area contributed by atoms with Crippen molar-refractivity contribution in [3.05, 3.63) is 65.0 Å². The quantitative estimate of drug-likeness (QED) is 0.735. The lowest BCUT2D eigenvalue weighted by Gasteiger charge is -2.24. The van der Waals surface area contributed by atoms with Gasteiger partial charge in [0.15, 0.2) is 6.10 Å². The Balaban J connectivity index is 1.68. The SMILES string of the molecule is CC[C@@H](Oc1ccc(F)cc1)C(=O)N[C@H](CC)c1ccc2c(c1)CCCC2. The fourth-order valence-electron chi connectivity index (χ4n) is 3.66. The van der Waals surface area contributed by atoms with Crippen molar-refractivity contribution in [3.8, 4) is 5.75 Å². The van der Waals surface area contributed by atoms with Gasteiger partial charge in [-0.1, -0.05) is 32.0 Å². The Morgan fingerprint density at radius 1 is 1.04 bits per heavy atom. The van der Waals surface area contributed by atoms with E-state index in [-0.39, 0.29) is 17.8 Å². The van der Waals surface area contributed by atoms with Crippen LogP contribution >= 0.6 is 0 Å². The zero-order chi connectivity index (χ0) is 19.2. The van der Waals surface area contributed by atoms with Crippen LogP contribution in [0, 0.1) is 5.82 Å². The monoisotopic (exact) mass is 369 g/mol. The van der Waals surface area contributed by atoms with Crippen LogP contribution in [0.5, 0.6) is 5.75 Å². The molecule has 0 radical (unpaired) electrons. The number of carbonyl (C=O) groups is 1. The van der Waals surface area contributed by atoms with Crippen molar-refractivity contribution in [2.24, 2.45) is 0 Å². The summed E-state index contributed by atoms with van der Waals surface area (Å²) < 4.78 is 18.8. The van der Waals surface area contributed by atoms with Crippen molar-refractivity contribution in [1.29, 1.82) is 0 Å². The lowest BCUT2D eigenvalue weighted by Crippen LogP contribution is -2.40. The third-order valence-corrected chi connectivity index (χ3v) is 5.25.